The van der Waals surface area contributed by atoms with Crippen LogP contribution >= 0.6 is 23.4 Å². The molecule has 0 N–H and O–H groups in total. The molecule has 0 bridgehead atoms. The van der Waals surface area contributed by atoms with Gasteiger partial charge in [0.05, 0.1) is 17.5 Å². The summed E-state index contributed by atoms with van der Waals surface area (Å²) in [6.45, 7) is 4.69. The van der Waals surface area contributed by atoms with Crippen LogP contribution in [-0.2, 0) is 22.7 Å². The average molecular weight is 443 g/mol. The summed E-state index contributed by atoms with van der Waals surface area (Å²) in [5, 5.41) is 10.2. The van der Waals surface area contributed by atoms with Crippen LogP contribution in [0.3, 0.4) is 0 Å². The van der Waals surface area contributed by atoms with Gasteiger partial charge >= 0.3 is 5.97 Å². The zero-order chi connectivity index (χ0) is 21.1. The summed E-state index contributed by atoms with van der Waals surface area (Å²) >= 11 is 7.53. The number of fused-ring (bicyclic) bond motifs is 1. The van der Waals surface area contributed by atoms with Gasteiger partial charge in [0.15, 0.2) is 16.7 Å². The van der Waals surface area contributed by atoms with Crippen molar-refractivity contribution in [2.45, 2.75) is 32.2 Å². The predicted octanol–water partition coefficient (Wildman–Crippen LogP) is 4.90. The Labute approximate surface area is 182 Å². The molecule has 4 rings (SSSR count). The van der Waals surface area contributed by atoms with Crippen LogP contribution in [0.25, 0.3) is 22.5 Å². The number of carbonyl (C=O) groups is 1. The Morgan fingerprint density at radius 2 is 2.13 bits per heavy atom. The van der Waals surface area contributed by atoms with Gasteiger partial charge in [-0.2, -0.15) is 0 Å². The number of hydrogen-bond donors (Lipinski definition) is 0. The number of benzene rings is 1. The lowest BCUT2D eigenvalue weighted by Gasteiger charge is -2.09. The Morgan fingerprint density at radius 3 is 2.90 bits per heavy atom. The number of carbonyl (C=O) groups excluding carboxylic acids is 1. The zero-order valence-electron chi connectivity index (χ0n) is 16.5. The van der Waals surface area contributed by atoms with E-state index < -0.39 is 0 Å². The Bertz CT molecular complexity index is 1190. The summed E-state index contributed by atoms with van der Waals surface area (Å²) in [4.78, 5) is 16.7. The van der Waals surface area contributed by atoms with E-state index in [-0.39, 0.29) is 18.3 Å². The van der Waals surface area contributed by atoms with Crippen molar-refractivity contribution >= 4 is 40.2 Å². The maximum absolute atomic E-state index is 12.3. The molecule has 0 radical (unpaired) electrons. The van der Waals surface area contributed by atoms with Crippen LogP contribution in [0.4, 0.5) is 0 Å². The highest BCUT2D eigenvalue weighted by atomic mass is 35.5. The lowest BCUT2D eigenvalue weighted by molar-refractivity contribution is -0.141. The number of pyridine rings is 1. The molecule has 0 saturated carbocycles. The first-order valence-electron chi connectivity index (χ1n) is 9.36. The van der Waals surface area contributed by atoms with Crippen LogP contribution < -0.4 is 0 Å². The van der Waals surface area contributed by atoms with Crippen molar-refractivity contribution in [3.8, 4) is 11.6 Å². The first-order valence-corrected chi connectivity index (χ1v) is 10.7. The van der Waals surface area contributed by atoms with E-state index in [1.807, 2.05) is 48.7 Å². The highest BCUT2D eigenvalue weighted by molar-refractivity contribution is 7.99. The van der Waals surface area contributed by atoms with Gasteiger partial charge in [-0.05, 0) is 43.7 Å². The summed E-state index contributed by atoms with van der Waals surface area (Å²) < 4.78 is 12.7. The number of furan rings is 1. The topological polar surface area (TPSA) is 83.0 Å². The summed E-state index contributed by atoms with van der Waals surface area (Å²) in [5.74, 6) is 0.994. The van der Waals surface area contributed by atoms with Crippen LogP contribution in [0.1, 0.15) is 18.1 Å². The molecule has 1 aromatic carbocycles. The van der Waals surface area contributed by atoms with E-state index in [2.05, 4.69) is 15.2 Å². The maximum Gasteiger partial charge on any atom is 0.316 e. The summed E-state index contributed by atoms with van der Waals surface area (Å²) in [6.07, 6.45) is 1.59. The van der Waals surface area contributed by atoms with Crippen LogP contribution in [0.2, 0.25) is 5.15 Å². The van der Waals surface area contributed by atoms with Crippen LogP contribution in [-0.4, -0.2) is 31.5 Å². The molecular weight excluding hydrogens is 424 g/mol. The number of hydrogen-bond acceptors (Lipinski definition) is 7. The second-order valence-electron chi connectivity index (χ2n) is 6.61. The first-order chi connectivity index (χ1) is 14.5. The zero-order valence-corrected chi connectivity index (χ0v) is 18.0. The van der Waals surface area contributed by atoms with E-state index >= 15 is 0 Å². The summed E-state index contributed by atoms with van der Waals surface area (Å²) in [6, 6.07) is 11.5. The molecule has 30 heavy (non-hydrogen) atoms. The number of rotatable bonds is 7. The number of aryl methyl sites for hydroxylation is 1. The fraction of sp³-hybridized carbons (Fsp3) is 0.238. The van der Waals surface area contributed by atoms with Crippen molar-refractivity contribution in [1.29, 1.82) is 0 Å². The van der Waals surface area contributed by atoms with Crippen molar-refractivity contribution in [1.82, 2.24) is 19.7 Å². The number of halogens is 1. The molecule has 3 heterocycles. The van der Waals surface area contributed by atoms with Gasteiger partial charge in [0.25, 0.3) is 0 Å². The fourth-order valence-corrected chi connectivity index (χ4v) is 3.99. The standard InChI is InChI=1S/C21H19ClN4O3S/c1-3-26-20(17-5-4-8-28-17)24-25-21(26)30-12-18(27)29-11-15-10-14-7-6-13(2)9-16(14)23-19(15)22/h4-10H,3,11-12H2,1-2H3. The molecule has 3 aromatic heterocycles. The molecule has 0 saturated heterocycles. The van der Waals surface area contributed by atoms with Crippen molar-refractivity contribution in [2.24, 2.45) is 0 Å². The van der Waals surface area contributed by atoms with Crippen molar-refractivity contribution < 1.29 is 13.9 Å². The summed E-state index contributed by atoms with van der Waals surface area (Å²) in [5.41, 5.74) is 2.59. The number of nitrogens with zero attached hydrogens (tertiary/aromatic N) is 4. The third kappa shape index (κ3) is 4.34. The molecule has 4 aromatic rings. The monoisotopic (exact) mass is 442 g/mol. The van der Waals surface area contributed by atoms with Crippen LogP contribution in [0.15, 0.2) is 52.2 Å². The molecule has 0 amide bonds. The van der Waals surface area contributed by atoms with Crippen LogP contribution in [0, 0.1) is 6.92 Å². The highest BCUT2D eigenvalue weighted by Gasteiger charge is 2.17. The summed E-state index contributed by atoms with van der Waals surface area (Å²) in [7, 11) is 0. The lowest BCUT2D eigenvalue weighted by Crippen LogP contribution is -2.09. The van der Waals surface area contributed by atoms with E-state index in [1.165, 1.54) is 11.8 Å². The van der Waals surface area contributed by atoms with Gasteiger partial charge in [0, 0.05) is 17.5 Å². The largest absolute Gasteiger partial charge is 0.461 e. The second kappa shape index (κ2) is 8.89. The van der Waals surface area contributed by atoms with E-state index in [0.717, 1.165) is 16.5 Å². The van der Waals surface area contributed by atoms with Crippen molar-refractivity contribution in [2.75, 3.05) is 5.75 Å². The minimum atomic E-state index is -0.370. The SMILES string of the molecule is CCn1c(SCC(=O)OCc2cc3ccc(C)cc3nc2Cl)nnc1-c1ccco1. The van der Waals surface area contributed by atoms with E-state index in [0.29, 0.717) is 34.0 Å². The van der Waals surface area contributed by atoms with Crippen molar-refractivity contribution in [3.05, 3.63) is 58.9 Å². The number of thioether (sulfide) groups is 1. The maximum atomic E-state index is 12.3. The molecule has 0 spiro atoms. The van der Waals surface area contributed by atoms with Gasteiger partial charge in [0.2, 0.25) is 0 Å². The van der Waals surface area contributed by atoms with Gasteiger partial charge in [-0.15, -0.1) is 10.2 Å². The molecule has 9 heteroatoms. The lowest BCUT2D eigenvalue weighted by atomic mass is 10.1. The fourth-order valence-electron chi connectivity index (χ4n) is 2.99. The van der Waals surface area contributed by atoms with Crippen LogP contribution in [0.5, 0.6) is 0 Å². The van der Waals surface area contributed by atoms with E-state index in [4.69, 9.17) is 20.8 Å². The Kier molecular flexibility index (Phi) is 6.06. The van der Waals surface area contributed by atoms with Gasteiger partial charge in [-0.25, -0.2) is 4.98 Å². The van der Waals surface area contributed by atoms with Gasteiger partial charge in [-0.1, -0.05) is 35.5 Å². The van der Waals surface area contributed by atoms with Gasteiger partial charge < -0.3 is 9.15 Å². The van der Waals surface area contributed by atoms with E-state index in [1.54, 1.807) is 12.3 Å². The van der Waals surface area contributed by atoms with E-state index in [9.17, 15) is 4.79 Å². The number of ether oxygens (including phenoxy) is 1. The number of aromatic nitrogens is 4. The molecule has 0 atom stereocenters. The predicted molar refractivity (Wildman–Crippen MR) is 115 cm³/mol. The van der Waals surface area contributed by atoms with Gasteiger partial charge in [-0.3, -0.25) is 9.36 Å². The Hall–Kier alpha value is -2.84. The molecule has 154 valence electrons. The Morgan fingerprint density at radius 1 is 1.27 bits per heavy atom. The minimum Gasteiger partial charge on any atom is -0.461 e. The smallest absolute Gasteiger partial charge is 0.316 e. The molecule has 0 aliphatic heterocycles. The molecular formula is C21H19ClN4O3S. The second-order valence-corrected chi connectivity index (χ2v) is 7.91. The van der Waals surface area contributed by atoms with Gasteiger partial charge in [0.1, 0.15) is 11.8 Å². The quantitative estimate of drug-likeness (QED) is 0.228. The third-order valence-corrected chi connectivity index (χ3v) is 5.75. The molecule has 0 fully saturated rings. The van der Waals surface area contributed by atoms with Crippen molar-refractivity contribution in [3.63, 3.8) is 0 Å². The molecule has 0 aliphatic carbocycles. The molecule has 0 unspecified atom stereocenters. The first kappa shape index (κ1) is 20.4. The highest BCUT2D eigenvalue weighted by Crippen LogP contribution is 2.25. The third-order valence-electron chi connectivity index (χ3n) is 4.48. The number of esters is 1. The average Bonchev–Trinajstić information content (AvgIpc) is 3.39. The normalized spacial score (nSPS) is 11.2. The molecule has 7 nitrogen and oxygen atoms in total. The molecule has 0 aliphatic rings. The Balaban J connectivity index is 1.38. The minimum absolute atomic E-state index is 0.0627.